The first-order valence-electron chi connectivity index (χ1n) is 5.64. The van der Waals surface area contributed by atoms with E-state index in [2.05, 4.69) is 9.97 Å². The average molecular weight is 288 g/mol. The van der Waals surface area contributed by atoms with Crippen LogP contribution in [0, 0.1) is 5.92 Å². The Kier molecular flexibility index (Phi) is 2.60. The number of nitrogen functional groups attached to an aromatic ring is 1. The van der Waals surface area contributed by atoms with Crippen molar-refractivity contribution in [3.05, 3.63) is 29.0 Å². The van der Waals surface area contributed by atoms with E-state index in [0.29, 0.717) is 22.3 Å². The van der Waals surface area contributed by atoms with Crippen LogP contribution in [0.5, 0.6) is 0 Å². The second-order valence-corrected chi connectivity index (χ2v) is 5.05. The molecule has 2 unspecified atom stereocenters. The van der Waals surface area contributed by atoms with Gasteiger partial charge in [0.25, 0.3) is 0 Å². The summed E-state index contributed by atoms with van der Waals surface area (Å²) in [6.45, 7) is 0. The van der Waals surface area contributed by atoms with Crippen LogP contribution < -0.4 is 5.73 Å². The first kappa shape index (κ1) is 12.5. The Morgan fingerprint density at radius 1 is 1.32 bits per heavy atom. The number of alkyl halides is 3. The average Bonchev–Trinajstić information content (AvgIpc) is 3.07. The van der Waals surface area contributed by atoms with E-state index >= 15 is 0 Å². The van der Waals surface area contributed by atoms with E-state index in [0.717, 1.165) is 0 Å². The molecule has 0 saturated heterocycles. The zero-order chi connectivity index (χ0) is 13.8. The van der Waals surface area contributed by atoms with Crippen molar-refractivity contribution in [2.75, 3.05) is 5.73 Å². The molecular formula is C12H9ClF3N3. The normalized spacial score (nSPS) is 22.7. The fraction of sp³-hybridized carbons (Fsp3) is 0.333. The molecule has 1 aliphatic carbocycles. The number of nitrogens with two attached hydrogens (primary N) is 1. The van der Waals surface area contributed by atoms with Gasteiger partial charge in [0.15, 0.2) is 0 Å². The van der Waals surface area contributed by atoms with Gasteiger partial charge in [-0.05, 0) is 24.0 Å². The summed E-state index contributed by atoms with van der Waals surface area (Å²) >= 11 is 5.77. The topological polar surface area (TPSA) is 51.8 Å². The van der Waals surface area contributed by atoms with Crippen LogP contribution in [0.3, 0.4) is 0 Å². The van der Waals surface area contributed by atoms with Crippen LogP contribution >= 0.6 is 11.6 Å². The number of halogens is 4. The highest BCUT2D eigenvalue weighted by Gasteiger charge is 2.56. The van der Waals surface area contributed by atoms with Gasteiger partial charge < -0.3 is 5.73 Å². The number of hydrogen-bond donors (Lipinski definition) is 1. The van der Waals surface area contributed by atoms with Crippen LogP contribution in [0.25, 0.3) is 11.0 Å². The molecule has 2 aromatic heterocycles. The first-order valence-corrected chi connectivity index (χ1v) is 6.02. The standard InChI is InChI=1S/C12H9ClF3N3/c13-10-3-8(17)11-9(19-10)1-5(4-18-11)6-2-7(6)12(14,15)16/h1,3-4,6-7H,2H2,(H2,17,19). The number of rotatable bonds is 1. The fourth-order valence-corrected chi connectivity index (χ4v) is 2.46. The van der Waals surface area contributed by atoms with Crippen molar-refractivity contribution in [2.45, 2.75) is 18.5 Å². The van der Waals surface area contributed by atoms with Crippen molar-refractivity contribution in [3.8, 4) is 0 Å². The predicted molar refractivity (Wildman–Crippen MR) is 65.9 cm³/mol. The van der Waals surface area contributed by atoms with Gasteiger partial charge in [0.2, 0.25) is 0 Å². The number of anilines is 1. The van der Waals surface area contributed by atoms with Gasteiger partial charge in [-0.25, -0.2) is 4.98 Å². The lowest BCUT2D eigenvalue weighted by Crippen LogP contribution is -2.11. The molecule has 0 radical (unpaired) electrons. The van der Waals surface area contributed by atoms with Crippen molar-refractivity contribution < 1.29 is 13.2 Å². The summed E-state index contributed by atoms with van der Waals surface area (Å²) in [4.78, 5) is 8.12. The van der Waals surface area contributed by atoms with Crippen LogP contribution in [0.4, 0.5) is 18.9 Å². The van der Waals surface area contributed by atoms with Crippen molar-refractivity contribution in [3.63, 3.8) is 0 Å². The van der Waals surface area contributed by atoms with E-state index in [1.54, 1.807) is 6.07 Å². The van der Waals surface area contributed by atoms with Gasteiger partial charge in [0, 0.05) is 12.3 Å². The Labute approximate surface area is 111 Å². The molecule has 1 fully saturated rings. The van der Waals surface area contributed by atoms with E-state index in [4.69, 9.17) is 17.3 Å². The number of pyridine rings is 2. The van der Waals surface area contributed by atoms with Crippen LogP contribution in [0.2, 0.25) is 5.15 Å². The maximum atomic E-state index is 12.5. The van der Waals surface area contributed by atoms with Gasteiger partial charge in [0.1, 0.15) is 10.7 Å². The Balaban J connectivity index is 2.00. The van der Waals surface area contributed by atoms with E-state index in [1.165, 1.54) is 12.3 Å². The predicted octanol–water partition coefficient (Wildman–Crippen LogP) is 3.53. The lowest BCUT2D eigenvalue weighted by atomic mass is 10.1. The van der Waals surface area contributed by atoms with E-state index in [9.17, 15) is 13.2 Å². The highest BCUT2D eigenvalue weighted by atomic mass is 35.5. The molecule has 3 rings (SSSR count). The number of aromatic nitrogens is 2. The minimum absolute atomic E-state index is 0.104. The van der Waals surface area contributed by atoms with E-state index in [-0.39, 0.29) is 11.6 Å². The zero-order valence-corrected chi connectivity index (χ0v) is 10.3. The number of fused-ring (bicyclic) bond motifs is 1. The van der Waals surface area contributed by atoms with Gasteiger partial charge in [-0.2, -0.15) is 13.2 Å². The maximum Gasteiger partial charge on any atom is 0.392 e. The van der Waals surface area contributed by atoms with E-state index < -0.39 is 18.0 Å². The van der Waals surface area contributed by atoms with E-state index in [1.807, 2.05) is 0 Å². The summed E-state index contributed by atoms with van der Waals surface area (Å²) < 4.78 is 37.6. The third kappa shape index (κ3) is 2.20. The summed E-state index contributed by atoms with van der Waals surface area (Å²) in [5, 5.41) is 0.201. The Morgan fingerprint density at radius 2 is 2.05 bits per heavy atom. The smallest absolute Gasteiger partial charge is 0.392 e. The fourth-order valence-electron chi connectivity index (χ4n) is 2.25. The van der Waals surface area contributed by atoms with Crippen LogP contribution in [-0.2, 0) is 0 Å². The second kappa shape index (κ2) is 3.96. The van der Waals surface area contributed by atoms with Gasteiger partial charge in [0.05, 0.1) is 17.1 Å². The summed E-state index contributed by atoms with van der Waals surface area (Å²) in [7, 11) is 0. The van der Waals surface area contributed by atoms with Crippen molar-refractivity contribution in [2.24, 2.45) is 5.92 Å². The molecule has 2 heterocycles. The molecule has 2 atom stereocenters. The molecule has 7 heteroatoms. The molecule has 2 aromatic rings. The van der Waals surface area contributed by atoms with Crippen LogP contribution in [0.15, 0.2) is 18.3 Å². The van der Waals surface area contributed by atoms with Crippen LogP contribution in [0.1, 0.15) is 17.9 Å². The molecule has 1 aliphatic rings. The summed E-state index contributed by atoms with van der Waals surface area (Å²) in [5.74, 6) is -1.80. The van der Waals surface area contributed by atoms with Gasteiger partial charge in [-0.3, -0.25) is 4.98 Å². The third-order valence-corrected chi connectivity index (χ3v) is 3.50. The highest BCUT2D eigenvalue weighted by Crippen LogP contribution is 2.56. The molecule has 19 heavy (non-hydrogen) atoms. The molecule has 0 aliphatic heterocycles. The lowest BCUT2D eigenvalue weighted by molar-refractivity contribution is -0.148. The monoisotopic (exact) mass is 287 g/mol. The van der Waals surface area contributed by atoms with Gasteiger partial charge >= 0.3 is 6.18 Å². The number of nitrogens with zero attached hydrogens (tertiary/aromatic N) is 2. The zero-order valence-electron chi connectivity index (χ0n) is 9.58. The largest absolute Gasteiger partial charge is 0.397 e. The van der Waals surface area contributed by atoms with Crippen molar-refractivity contribution in [1.29, 1.82) is 0 Å². The highest BCUT2D eigenvalue weighted by molar-refractivity contribution is 6.30. The van der Waals surface area contributed by atoms with Crippen molar-refractivity contribution >= 4 is 28.3 Å². The Morgan fingerprint density at radius 3 is 2.68 bits per heavy atom. The Hall–Kier alpha value is -1.56. The molecule has 100 valence electrons. The molecular weight excluding hydrogens is 279 g/mol. The molecule has 3 nitrogen and oxygen atoms in total. The first-order chi connectivity index (χ1) is 8.86. The SMILES string of the molecule is Nc1cc(Cl)nc2cc(C3CC3C(F)(F)F)cnc12. The summed E-state index contributed by atoms with van der Waals surface area (Å²) in [5.41, 5.74) is 7.51. The van der Waals surface area contributed by atoms with Gasteiger partial charge in [-0.1, -0.05) is 11.6 Å². The van der Waals surface area contributed by atoms with Crippen molar-refractivity contribution in [1.82, 2.24) is 9.97 Å². The molecule has 0 amide bonds. The quantitative estimate of drug-likeness (QED) is 0.816. The third-order valence-electron chi connectivity index (χ3n) is 3.30. The second-order valence-electron chi connectivity index (χ2n) is 4.66. The minimum atomic E-state index is -4.15. The number of hydrogen-bond acceptors (Lipinski definition) is 3. The minimum Gasteiger partial charge on any atom is -0.397 e. The van der Waals surface area contributed by atoms with Crippen LogP contribution in [-0.4, -0.2) is 16.1 Å². The molecule has 0 aromatic carbocycles. The summed E-state index contributed by atoms with van der Waals surface area (Å²) in [6.07, 6.45) is -2.61. The molecule has 1 saturated carbocycles. The molecule has 0 spiro atoms. The van der Waals surface area contributed by atoms with Gasteiger partial charge in [-0.15, -0.1) is 0 Å². The molecule has 2 N–H and O–H groups in total. The summed E-state index contributed by atoms with van der Waals surface area (Å²) in [6, 6.07) is 3.05. The Bertz CT molecular complexity index is 656. The molecule has 0 bridgehead atoms. The lowest BCUT2D eigenvalue weighted by Gasteiger charge is -2.07. The maximum absolute atomic E-state index is 12.5.